The second-order valence-electron chi connectivity index (χ2n) is 10.6. The Morgan fingerprint density at radius 3 is 2.52 bits per heavy atom. The predicted octanol–water partition coefficient (Wildman–Crippen LogP) is 5.17. The Morgan fingerprint density at radius 1 is 1.05 bits per heavy atom. The second kappa shape index (κ2) is 14.0. The largest absolute Gasteiger partial charge is 0.389 e. The van der Waals surface area contributed by atoms with Crippen molar-refractivity contribution in [3.8, 4) is 0 Å². The normalized spacial score (nSPS) is 14.6. The van der Waals surface area contributed by atoms with E-state index < -0.39 is 12.1 Å². The van der Waals surface area contributed by atoms with Crippen molar-refractivity contribution < 1.29 is 14.7 Å². The molecular formula is C33H42N4O3. The summed E-state index contributed by atoms with van der Waals surface area (Å²) in [5.41, 5.74) is 5.23. The second-order valence-corrected chi connectivity index (χ2v) is 10.6. The summed E-state index contributed by atoms with van der Waals surface area (Å²) in [5, 5.41) is 18.0. The standard InChI is InChI=1S/C33H42N4O3/c1-4-16-36(28-14-9-11-24(3)18-28)23-31(38)30(19-25-12-7-6-8-13-25)35-33(40)26-20-27(34-5-2)22-29(21-26)37-17-10-15-32(37)39/h6-9,11-14,18,20-22,30-31,34,38H,4-5,10,15-17,19,23H2,1-3H3,(H,35,40). The summed E-state index contributed by atoms with van der Waals surface area (Å²) in [4.78, 5) is 30.1. The van der Waals surface area contributed by atoms with Crippen LogP contribution in [0.5, 0.6) is 0 Å². The molecule has 0 spiro atoms. The van der Waals surface area contributed by atoms with Gasteiger partial charge in [0.05, 0.1) is 12.1 Å². The average Bonchev–Trinajstić information content (AvgIpc) is 3.38. The molecule has 1 aliphatic rings. The molecule has 0 bridgehead atoms. The maximum Gasteiger partial charge on any atom is 0.251 e. The van der Waals surface area contributed by atoms with Crippen LogP contribution in [0.25, 0.3) is 0 Å². The molecule has 2 amide bonds. The Balaban J connectivity index is 1.60. The van der Waals surface area contributed by atoms with Gasteiger partial charge in [-0.05, 0) is 74.6 Å². The fourth-order valence-corrected chi connectivity index (χ4v) is 5.30. The van der Waals surface area contributed by atoms with Crippen LogP contribution in [0.3, 0.4) is 0 Å². The number of hydrogen-bond donors (Lipinski definition) is 3. The van der Waals surface area contributed by atoms with Crippen molar-refractivity contribution in [1.82, 2.24) is 5.32 Å². The Bertz CT molecular complexity index is 1280. The Morgan fingerprint density at radius 2 is 1.85 bits per heavy atom. The van der Waals surface area contributed by atoms with Crippen LogP contribution in [0, 0.1) is 6.92 Å². The van der Waals surface area contributed by atoms with Gasteiger partial charge in [-0.3, -0.25) is 9.59 Å². The number of nitrogens with one attached hydrogen (secondary N) is 2. The van der Waals surface area contributed by atoms with Crippen molar-refractivity contribution in [3.63, 3.8) is 0 Å². The third kappa shape index (κ3) is 7.63. The first kappa shape index (κ1) is 29.2. The third-order valence-corrected chi connectivity index (χ3v) is 7.29. The molecule has 40 heavy (non-hydrogen) atoms. The van der Waals surface area contributed by atoms with Gasteiger partial charge in [0.25, 0.3) is 5.91 Å². The zero-order chi connectivity index (χ0) is 28.5. The van der Waals surface area contributed by atoms with Gasteiger partial charge in [0.15, 0.2) is 0 Å². The van der Waals surface area contributed by atoms with Gasteiger partial charge in [0.1, 0.15) is 0 Å². The van der Waals surface area contributed by atoms with Crippen LogP contribution in [-0.4, -0.2) is 55.2 Å². The molecule has 2 unspecified atom stereocenters. The number of aliphatic hydroxyl groups is 1. The fourth-order valence-electron chi connectivity index (χ4n) is 5.30. The number of amides is 2. The van der Waals surface area contributed by atoms with Crippen LogP contribution in [0.4, 0.5) is 17.1 Å². The summed E-state index contributed by atoms with van der Waals surface area (Å²) in [6, 6.07) is 23.2. The van der Waals surface area contributed by atoms with Gasteiger partial charge in [-0.2, -0.15) is 0 Å². The summed E-state index contributed by atoms with van der Waals surface area (Å²) < 4.78 is 0. The predicted molar refractivity (Wildman–Crippen MR) is 163 cm³/mol. The molecule has 3 aromatic rings. The SMILES string of the molecule is CCCN(CC(O)C(Cc1ccccc1)NC(=O)c1cc(NCC)cc(N2CCCC2=O)c1)c1cccc(C)c1. The van der Waals surface area contributed by atoms with Gasteiger partial charge in [-0.15, -0.1) is 0 Å². The quantitative estimate of drug-likeness (QED) is 0.277. The van der Waals surface area contributed by atoms with Crippen LogP contribution in [-0.2, 0) is 11.2 Å². The van der Waals surface area contributed by atoms with Crippen molar-refractivity contribution >= 4 is 28.9 Å². The van der Waals surface area contributed by atoms with Gasteiger partial charge in [-0.25, -0.2) is 0 Å². The molecule has 212 valence electrons. The van der Waals surface area contributed by atoms with E-state index in [1.807, 2.05) is 55.5 Å². The monoisotopic (exact) mass is 542 g/mol. The molecule has 0 aromatic heterocycles. The Kier molecular flexibility index (Phi) is 10.2. The smallest absolute Gasteiger partial charge is 0.251 e. The van der Waals surface area contributed by atoms with Gasteiger partial charge < -0.3 is 25.5 Å². The average molecular weight is 543 g/mol. The summed E-state index contributed by atoms with van der Waals surface area (Å²) >= 11 is 0. The van der Waals surface area contributed by atoms with Crippen LogP contribution in [0.15, 0.2) is 72.8 Å². The van der Waals surface area contributed by atoms with E-state index in [1.54, 1.807) is 11.0 Å². The molecule has 1 fully saturated rings. The number of hydrogen-bond acceptors (Lipinski definition) is 5. The Hall–Kier alpha value is -3.84. The summed E-state index contributed by atoms with van der Waals surface area (Å²) in [6.07, 6.45) is 1.95. The number of rotatable bonds is 13. The van der Waals surface area contributed by atoms with Crippen molar-refractivity contribution in [2.45, 2.75) is 58.6 Å². The highest BCUT2D eigenvalue weighted by Crippen LogP contribution is 2.27. The zero-order valence-corrected chi connectivity index (χ0v) is 23.9. The number of aryl methyl sites for hydroxylation is 1. The fraction of sp³-hybridized carbons (Fsp3) is 0.394. The number of benzene rings is 3. The van der Waals surface area contributed by atoms with Crippen LogP contribution < -0.4 is 20.4 Å². The Labute approximate surface area is 238 Å². The first-order chi connectivity index (χ1) is 19.4. The number of carbonyl (C=O) groups excluding carboxylic acids is 2. The molecule has 0 saturated carbocycles. The molecule has 4 rings (SSSR count). The van der Waals surface area contributed by atoms with E-state index in [2.05, 4.69) is 47.6 Å². The summed E-state index contributed by atoms with van der Waals surface area (Å²) in [5.74, 6) is -0.199. The van der Waals surface area contributed by atoms with Gasteiger partial charge in [0, 0.05) is 55.2 Å². The first-order valence-electron chi connectivity index (χ1n) is 14.4. The number of anilines is 3. The topological polar surface area (TPSA) is 84.9 Å². The lowest BCUT2D eigenvalue weighted by Crippen LogP contribution is -2.50. The summed E-state index contributed by atoms with van der Waals surface area (Å²) in [7, 11) is 0. The highest BCUT2D eigenvalue weighted by atomic mass is 16.3. The molecule has 2 atom stereocenters. The van der Waals surface area contributed by atoms with E-state index in [1.165, 1.54) is 0 Å². The van der Waals surface area contributed by atoms with Crippen molar-refractivity contribution in [3.05, 3.63) is 89.5 Å². The molecule has 3 aromatic carbocycles. The molecule has 1 heterocycles. The highest BCUT2D eigenvalue weighted by molar-refractivity contribution is 6.00. The zero-order valence-electron chi connectivity index (χ0n) is 23.9. The maximum absolute atomic E-state index is 13.7. The molecule has 1 saturated heterocycles. The molecule has 7 nitrogen and oxygen atoms in total. The number of aliphatic hydroxyl groups excluding tert-OH is 1. The maximum atomic E-state index is 13.7. The van der Waals surface area contributed by atoms with Gasteiger partial charge in [-0.1, -0.05) is 49.4 Å². The lowest BCUT2D eigenvalue weighted by Gasteiger charge is -2.32. The number of nitrogens with zero attached hydrogens (tertiary/aromatic N) is 2. The van der Waals surface area contributed by atoms with Gasteiger partial charge >= 0.3 is 0 Å². The van der Waals surface area contributed by atoms with E-state index >= 15 is 0 Å². The molecule has 0 aliphatic carbocycles. The van der Waals surface area contributed by atoms with Crippen molar-refractivity contribution in [1.29, 1.82) is 0 Å². The van der Waals surface area contributed by atoms with E-state index in [0.717, 1.165) is 47.6 Å². The van der Waals surface area contributed by atoms with E-state index in [4.69, 9.17) is 0 Å². The van der Waals surface area contributed by atoms with Crippen molar-refractivity contribution in [2.24, 2.45) is 0 Å². The molecular weight excluding hydrogens is 500 g/mol. The van der Waals surface area contributed by atoms with Crippen molar-refractivity contribution in [2.75, 3.05) is 41.3 Å². The minimum Gasteiger partial charge on any atom is -0.389 e. The van der Waals surface area contributed by atoms with E-state index in [-0.39, 0.29) is 11.8 Å². The third-order valence-electron chi connectivity index (χ3n) is 7.29. The van der Waals surface area contributed by atoms with Crippen LogP contribution in [0.2, 0.25) is 0 Å². The number of carbonyl (C=O) groups is 2. The van der Waals surface area contributed by atoms with E-state index in [0.29, 0.717) is 38.0 Å². The molecule has 0 radical (unpaired) electrons. The van der Waals surface area contributed by atoms with Gasteiger partial charge in [0.2, 0.25) is 5.91 Å². The molecule has 1 aliphatic heterocycles. The minimum atomic E-state index is -0.812. The molecule has 7 heteroatoms. The highest BCUT2D eigenvalue weighted by Gasteiger charge is 2.27. The van der Waals surface area contributed by atoms with E-state index in [9.17, 15) is 14.7 Å². The lowest BCUT2D eigenvalue weighted by molar-refractivity contribution is -0.117. The van der Waals surface area contributed by atoms with Crippen LogP contribution in [0.1, 0.15) is 54.6 Å². The summed E-state index contributed by atoms with van der Waals surface area (Å²) in [6.45, 7) is 8.71. The lowest BCUT2D eigenvalue weighted by atomic mass is 9.99. The first-order valence-corrected chi connectivity index (χ1v) is 14.4. The minimum absolute atomic E-state index is 0.0737. The molecule has 3 N–H and O–H groups in total. The van der Waals surface area contributed by atoms with Crippen LogP contribution >= 0.6 is 0 Å².